The first-order chi connectivity index (χ1) is 12.6. The van der Waals surface area contributed by atoms with E-state index in [0.29, 0.717) is 34.0 Å². The van der Waals surface area contributed by atoms with Crippen LogP contribution in [-0.4, -0.2) is 35.6 Å². The van der Waals surface area contributed by atoms with E-state index in [1.807, 2.05) is 0 Å². The van der Waals surface area contributed by atoms with Gasteiger partial charge in [-0.3, -0.25) is 4.79 Å². The fourth-order valence-electron chi connectivity index (χ4n) is 3.25. The molecule has 138 valence electrons. The summed E-state index contributed by atoms with van der Waals surface area (Å²) < 4.78 is 5.25. The second kappa shape index (κ2) is 8.36. The number of halogens is 1. The van der Waals surface area contributed by atoms with Gasteiger partial charge in [-0.25, -0.2) is 9.97 Å². The van der Waals surface area contributed by atoms with E-state index in [-0.39, 0.29) is 5.91 Å². The summed E-state index contributed by atoms with van der Waals surface area (Å²) in [6, 6.07) is 5.53. The fourth-order valence-corrected chi connectivity index (χ4v) is 3.42. The number of benzene rings is 1. The highest BCUT2D eigenvalue weighted by Gasteiger charge is 2.23. The van der Waals surface area contributed by atoms with Crippen LogP contribution in [0.4, 0.5) is 11.6 Å². The summed E-state index contributed by atoms with van der Waals surface area (Å²) in [5, 5.41) is 3.31. The molecule has 1 aliphatic heterocycles. The van der Waals surface area contributed by atoms with Gasteiger partial charge in [0, 0.05) is 30.0 Å². The molecule has 1 saturated heterocycles. The molecular weight excluding hydrogens is 352 g/mol. The van der Waals surface area contributed by atoms with Gasteiger partial charge in [0.25, 0.3) is 5.91 Å². The standard InChI is InChI=1S/C19H23ClN4O2/c1-3-15-6-4-5-9-24(15)19-21-11-13(12-22-19)18(25)23-16-10-14(20)7-8-17(16)26-2/h7-8,10-12,15H,3-6,9H2,1-2H3,(H,23,25). The number of hydrogen-bond donors (Lipinski definition) is 1. The van der Waals surface area contributed by atoms with Gasteiger partial charge in [0.2, 0.25) is 5.95 Å². The van der Waals surface area contributed by atoms with E-state index in [4.69, 9.17) is 16.3 Å². The van der Waals surface area contributed by atoms with Gasteiger partial charge in [0.15, 0.2) is 0 Å². The molecule has 0 radical (unpaired) electrons. The second-order valence-electron chi connectivity index (χ2n) is 6.32. The van der Waals surface area contributed by atoms with E-state index < -0.39 is 0 Å². The van der Waals surface area contributed by atoms with Crippen molar-refractivity contribution < 1.29 is 9.53 Å². The molecule has 26 heavy (non-hydrogen) atoms. The van der Waals surface area contributed by atoms with Crippen molar-refractivity contribution in [3.05, 3.63) is 41.2 Å². The number of hydrogen-bond acceptors (Lipinski definition) is 5. The maximum atomic E-state index is 12.5. The van der Waals surface area contributed by atoms with Crippen LogP contribution in [0.25, 0.3) is 0 Å². The molecule has 2 heterocycles. The molecule has 0 spiro atoms. The zero-order valence-electron chi connectivity index (χ0n) is 15.0. The largest absolute Gasteiger partial charge is 0.495 e. The van der Waals surface area contributed by atoms with Crippen molar-refractivity contribution in [1.29, 1.82) is 0 Å². The van der Waals surface area contributed by atoms with Crippen LogP contribution in [0.1, 0.15) is 43.0 Å². The minimum absolute atomic E-state index is 0.303. The number of carbonyl (C=O) groups excluding carboxylic acids is 1. The SMILES string of the molecule is CCC1CCCCN1c1ncc(C(=O)Nc2cc(Cl)ccc2OC)cn1. The van der Waals surface area contributed by atoms with Gasteiger partial charge in [-0.05, 0) is 43.9 Å². The molecule has 0 bridgehead atoms. The topological polar surface area (TPSA) is 67.4 Å². The Morgan fingerprint density at radius 3 is 2.81 bits per heavy atom. The van der Waals surface area contributed by atoms with E-state index in [0.717, 1.165) is 25.8 Å². The monoisotopic (exact) mass is 374 g/mol. The number of aromatic nitrogens is 2. The highest BCUT2D eigenvalue weighted by Crippen LogP contribution is 2.28. The third-order valence-electron chi connectivity index (χ3n) is 4.67. The summed E-state index contributed by atoms with van der Waals surface area (Å²) in [4.78, 5) is 23.6. The number of ether oxygens (including phenoxy) is 1. The molecule has 2 aromatic rings. The third kappa shape index (κ3) is 4.07. The molecule has 1 fully saturated rings. The van der Waals surface area contributed by atoms with Gasteiger partial charge in [0.1, 0.15) is 5.75 Å². The Balaban J connectivity index is 1.74. The van der Waals surface area contributed by atoms with Gasteiger partial charge >= 0.3 is 0 Å². The predicted molar refractivity (Wildman–Crippen MR) is 103 cm³/mol. The Bertz CT molecular complexity index is 767. The molecule has 1 atom stereocenters. The first kappa shape index (κ1) is 18.5. The van der Waals surface area contributed by atoms with Crippen LogP contribution in [-0.2, 0) is 0 Å². The van der Waals surface area contributed by atoms with E-state index in [9.17, 15) is 4.79 Å². The van der Waals surface area contributed by atoms with E-state index >= 15 is 0 Å². The lowest BCUT2D eigenvalue weighted by atomic mass is 10.0. The quantitative estimate of drug-likeness (QED) is 0.851. The summed E-state index contributed by atoms with van der Waals surface area (Å²) in [5.41, 5.74) is 0.900. The van der Waals surface area contributed by atoms with Crippen LogP contribution in [0.2, 0.25) is 5.02 Å². The molecule has 7 heteroatoms. The molecule has 0 aliphatic carbocycles. The van der Waals surface area contributed by atoms with Crippen molar-refractivity contribution in [2.24, 2.45) is 0 Å². The molecule has 6 nitrogen and oxygen atoms in total. The highest BCUT2D eigenvalue weighted by molar-refractivity contribution is 6.31. The predicted octanol–water partition coefficient (Wildman–Crippen LogP) is 4.16. The van der Waals surface area contributed by atoms with Crippen molar-refractivity contribution >= 4 is 29.1 Å². The lowest BCUT2D eigenvalue weighted by Gasteiger charge is -2.35. The lowest BCUT2D eigenvalue weighted by molar-refractivity contribution is 0.102. The van der Waals surface area contributed by atoms with Crippen LogP contribution in [0.15, 0.2) is 30.6 Å². The Labute approximate surface area is 158 Å². The number of rotatable bonds is 5. The smallest absolute Gasteiger partial charge is 0.258 e. The Morgan fingerprint density at radius 2 is 2.12 bits per heavy atom. The summed E-state index contributed by atoms with van der Waals surface area (Å²) in [6.07, 6.45) is 7.76. The van der Waals surface area contributed by atoms with Crippen LogP contribution >= 0.6 is 11.6 Å². The Kier molecular flexibility index (Phi) is 5.93. The molecule has 1 aliphatic rings. The molecule has 1 aromatic heterocycles. The summed E-state index contributed by atoms with van der Waals surface area (Å²) in [6.45, 7) is 3.15. The van der Waals surface area contributed by atoms with Gasteiger partial charge in [-0.15, -0.1) is 0 Å². The van der Waals surface area contributed by atoms with Crippen molar-refractivity contribution in [3.8, 4) is 5.75 Å². The average Bonchev–Trinajstić information content (AvgIpc) is 2.68. The molecule has 1 aromatic carbocycles. The van der Waals surface area contributed by atoms with Gasteiger partial charge < -0.3 is 15.0 Å². The number of methoxy groups -OCH3 is 1. The van der Waals surface area contributed by atoms with Crippen LogP contribution in [0.3, 0.4) is 0 Å². The number of piperidine rings is 1. The zero-order valence-corrected chi connectivity index (χ0v) is 15.8. The fraction of sp³-hybridized carbons (Fsp3) is 0.421. The minimum Gasteiger partial charge on any atom is -0.495 e. The van der Waals surface area contributed by atoms with E-state index in [1.165, 1.54) is 6.42 Å². The first-order valence-corrected chi connectivity index (χ1v) is 9.23. The van der Waals surface area contributed by atoms with E-state index in [2.05, 4.69) is 27.1 Å². The molecule has 1 unspecified atom stereocenters. The van der Waals surface area contributed by atoms with Crippen molar-refractivity contribution in [1.82, 2.24) is 9.97 Å². The summed E-state index contributed by atoms with van der Waals surface area (Å²) >= 11 is 6.00. The number of carbonyl (C=O) groups is 1. The maximum absolute atomic E-state index is 12.5. The Hall–Kier alpha value is -2.34. The van der Waals surface area contributed by atoms with Gasteiger partial charge in [-0.1, -0.05) is 18.5 Å². The van der Waals surface area contributed by atoms with Crippen LogP contribution in [0.5, 0.6) is 5.75 Å². The van der Waals surface area contributed by atoms with Crippen molar-refractivity contribution in [2.45, 2.75) is 38.6 Å². The van der Waals surface area contributed by atoms with Crippen molar-refractivity contribution in [2.75, 3.05) is 23.9 Å². The number of anilines is 2. The number of nitrogens with one attached hydrogen (secondary N) is 1. The first-order valence-electron chi connectivity index (χ1n) is 8.86. The second-order valence-corrected chi connectivity index (χ2v) is 6.76. The minimum atomic E-state index is -0.303. The Morgan fingerprint density at radius 1 is 1.35 bits per heavy atom. The third-order valence-corrected chi connectivity index (χ3v) is 4.90. The van der Waals surface area contributed by atoms with E-state index in [1.54, 1.807) is 37.7 Å². The summed E-state index contributed by atoms with van der Waals surface area (Å²) in [5.74, 6) is 0.927. The maximum Gasteiger partial charge on any atom is 0.258 e. The molecule has 1 N–H and O–H groups in total. The molecular formula is C19H23ClN4O2. The van der Waals surface area contributed by atoms with Gasteiger partial charge in [-0.2, -0.15) is 0 Å². The highest BCUT2D eigenvalue weighted by atomic mass is 35.5. The normalized spacial score (nSPS) is 17.0. The van der Waals surface area contributed by atoms with Crippen LogP contribution in [0, 0.1) is 0 Å². The lowest BCUT2D eigenvalue weighted by Crippen LogP contribution is -2.40. The molecule has 3 rings (SSSR count). The zero-order chi connectivity index (χ0) is 18.5. The van der Waals surface area contributed by atoms with Crippen LogP contribution < -0.4 is 15.0 Å². The van der Waals surface area contributed by atoms with Gasteiger partial charge in [0.05, 0.1) is 18.4 Å². The number of nitrogens with zero attached hydrogens (tertiary/aromatic N) is 3. The molecule has 0 saturated carbocycles. The number of amides is 1. The molecule has 1 amide bonds. The van der Waals surface area contributed by atoms with Crippen molar-refractivity contribution in [3.63, 3.8) is 0 Å². The average molecular weight is 375 g/mol. The summed E-state index contributed by atoms with van der Waals surface area (Å²) in [7, 11) is 1.54.